The topological polar surface area (TPSA) is 58.1 Å². The Morgan fingerprint density at radius 1 is 1.17 bits per heavy atom. The van der Waals surface area contributed by atoms with Crippen LogP contribution in [0.4, 0.5) is 11.5 Å². The van der Waals surface area contributed by atoms with E-state index in [9.17, 15) is 4.79 Å². The number of likely N-dealkylation sites (tertiary alicyclic amines) is 1. The second kappa shape index (κ2) is 6.66. The fourth-order valence-electron chi connectivity index (χ4n) is 2.68. The van der Waals surface area contributed by atoms with E-state index in [1.54, 1.807) is 13.0 Å². The third-order valence-corrected chi connectivity index (χ3v) is 4.49. The summed E-state index contributed by atoms with van der Waals surface area (Å²) in [4.78, 5) is 23.1. The monoisotopic (exact) mass is 374 g/mol. The van der Waals surface area contributed by atoms with Crippen LogP contribution in [0.15, 0.2) is 28.7 Å². The molecule has 1 saturated heterocycles. The number of nitrogens with zero attached hydrogens (tertiary/aromatic N) is 3. The van der Waals surface area contributed by atoms with Gasteiger partial charge in [-0.1, -0.05) is 6.07 Å². The van der Waals surface area contributed by atoms with Crippen molar-refractivity contribution in [3.05, 3.63) is 45.8 Å². The molecule has 0 radical (unpaired) electrons. The van der Waals surface area contributed by atoms with Gasteiger partial charge in [0.2, 0.25) is 0 Å². The number of rotatable bonds is 3. The molecular weight excluding hydrogens is 356 g/mol. The van der Waals surface area contributed by atoms with Crippen LogP contribution >= 0.6 is 15.9 Å². The summed E-state index contributed by atoms with van der Waals surface area (Å²) in [5.74, 6) is 1.20. The van der Waals surface area contributed by atoms with Crippen molar-refractivity contribution in [1.82, 2.24) is 14.9 Å². The molecule has 1 aromatic heterocycles. The minimum atomic E-state index is -0.0148. The average Bonchev–Trinajstić information content (AvgIpc) is 3.03. The Morgan fingerprint density at radius 3 is 2.61 bits per heavy atom. The maximum atomic E-state index is 12.5. The van der Waals surface area contributed by atoms with Gasteiger partial charge in [-0.15, -0.1) is 0 Å². The third-order valence-electron chi connectivity index (χ3n) is 3.84. The highest BCUT2D eigenvalue weighted by atomic mass is 79.9. The van der Waals surface area contributed by atoms with Gasteiger partial charge in [-0.2, -0.15) is 0 Å². The Hall–Kier alpha value is -1.95. The zero-order chi connectivity index (χ0) is 16.4. The van der Waals surface area contributed by atoms with Crippen LogP contribution in [0.1, 0.15) is 34.7 Å². The number of halogens is 1. The molecule has 5 nitrogen and oxygen atoms in total. The maximum absolute atomic E-state index is 12.5. The molecular formula is C17H19BrN4O. The number of aromatic nitrogens is 2. The zero-order valence-corrected chi connectivity index (χ0v) is 14.9. The highest BCUT2D eigenvalue weighted by Gasteiger charge is 2.21. The van der Waals surface area contributed by atoms with Gasteiger partial charge in [-0.25, -0.2) is 9.97 Å². The zero-order valence-electron chi connectivity index (χ0n) is 13.3. The van der Waals surface area contributed by atoms with Gasteiger partial charge >= 0.3 is 0 Å². The number of carbonyl (C=O) groups excluding carboxylic acids is 1. The van der Waals surface area contributed by atoms with Gasteiger partial charge < -0.3 is 10.2 Å². The van der Waals surface area contributed by atoms with Crippen LogP contribution in [-0.2, 0) is 0 Å². The molecule has 3 rings (SSSR count). The summed E-state index contributed by atoms with van der Waals surface area (Å²) in [5, 5.41) is 3.26. The van der Waals surface area contributed by atoms with Crippen molar-refractivity contribution in [2.24, 2.45) is 0 Å². The number of carbonyl (C=O) groups is 1. The Balaban J connectivity index is 1.86. The summed E-state index contributed by atoms with van der Waals surface area (Å²) >= 11 is 3.54. The number of hydrogen-bond acceptors (Lipinski definition) is 4. The van der Waals surface area contributed by atoms with Gasteiger partial charge in [0.05, 0.1) is 5.69 Å². The summed E-state index contributed by atoms with van der Waals surface area (Å²) in [7, 11) is 0. The molecule has 0 spiro atoms. The molecule has 2 heterocycles. The quantitative estimate of drug-likeness (QED) is 0.886. The van der Waals surface area contributed by atoms with Crippen LogP contribution in [0.2, 0.25) is 0 Å². The minimum Gasteiger partial charge on any atom is -0.339 e. The lowest BCUT2D eigenvalue weighted by atomic mass is 10.2. The number of anilines is 2. The number of hydrogen-bond donors (Lipinski definition) is 1. The van der Waals surface area contributed by atoms with Crippen LogP contribution in [0, 0.1) is 13.8 Å². The van der Waals surface area contributed by atoms with Gasteiger partial charge in [0.25, 0.3) is 5.91 Å². The molecule has 1 aliphatic rings. The first kappa shape index (κ1) is 15.9. The van der Waals surface area contributed by atoms with Crippen LogP contribution in [0.5, 0.6) is 0 Å². The summed E-state index contributed by atoms with van der Waals surface area (Å²) in [5.41, 5.74) is 2.53. The second-order valence-corrected chi connectivity index (χ2v) is 6.65. The molecule has 0 aliphatic carbocycles. The van der Waals surface area contributed by atoms with E-state index >= 15 is 0 Å². The molecule has 2 aromatic rings. The standard InChI is InChI=1S/C17H19BrN4O/c1-11-5-6-14(13(18)9-11)21-16-10-15(19-12(2)20-16)17(23)22-7-3-4-8-22/h5-6,9-10H,3-4,7-8H2,1-2H3,(H,19,20,21). The Morgan fingerprint density at radius 2 is 1.91 bits per heavy atom. The molecule has 1 aliphatic heterocycles. The highest BCUT2D eigenvalue weighted by molar-refractivity contribution is 9.10. The van der Waals surface area contributed by atoms with Crippen molar-refractivity contribution in [2.75, 3.05) is 18.4 Å². The van der Waals surface area contributed by atoms with Crippen molar-refractivity contribution in [2.45, 2.75) is 26.7 Å². The second-order valence-electron chi connectivity index (χ2n) is 5.79. The van der Waals surface area contributed by atoms with Gasteiger partial charge in [0.1, 0.15) is 17.3 Å². The molecule has 0 bridgehead atoms. The van der Waals surface area contributed by atoms with Gasteiger partial charge in [0.15, 0.2) is 0 Å². The molecule has 1 fully saturated rings. The fraction of sp³-hybridized carbons (Fsp3) is 0.353. The van der Waals surface area contributed by atoms with Crippen molar-refractivity contribution < 1.29 is 4.79 Å². The summed E-state index contributed by atoms with van der Waals surface area (Å²) in [6, 6.07) is 7.77. The van der Waals surface area contributed by atoms with Crippen LogP contribution in [0.25, 0.3) is 0 Å². The van der Waals surface area contributed by atoms with Crippen LogP contribution in [0.3, 0.4) is 0 Å². The summed E-state index contributed by atoms with van der Waals surface area (Å²) in [6.07, 6.45) is 2.13. The molecule has 0 unspecified atom stereocenters. The SMILES string of the molecule is Cc1ccc(Nc2cc(C(=O)N3CCCC3)nc(C)n2)c(Br)c1. The normalized spacial score (nSPS) is 14.1. The smallest absolute Gasteiger partial charge is 0.272 e. The van der Waals surface area contributed by atoms with E-state index in [0.29, 0.717) is 17.3 Å². The number of benzene rings is 1. The van der Waals surface area contributed by atoms with E-state index in [2.05, 4.69) is 31.2 Å². The first-order valence-electron chi connectivity index (χ1n) is 7.71. The fourth-order valence-corrected chi connectivity index (χ4v) is 3.28. The first-order valence-corrected chi connectivity index (χ1v) is 8.50. The van der Waals surface area contributed by atoms with E-state index in [1.165, 1.54) is 5.56 Å². The van der Waals surface area contributed by atoms with Crippen LogP contribution in [-0.4, -0.2) is 33.9 Å². The minimum absolute atomic E-state index is 0.0148. The number of amides is 1. The predicted molar refractivity (Wildman–Crippen MR) is 94.1 cm³/mol. The van der Waals surface area contributed by atoms with Crippen molar-refractivity contribution >= 4 is 33.3 Å². The summed E-state index contributed by atoms with van der Waals surface area (Å²) < 4.78 is 0.959. The lowest BCUT2D eigenvalue weighted by Crippen LogP contribution is -2.28. The lowest BCUT2D eigenvalue weighted by molar-refractivity contribution is 0.0786. The Bertz CT molecular complexity index is 741. The van der Waals surface area contributed by atoms with E-state index in [0.717, 1.165) is 36.1 Å². The molecule has 120 valence electrons. The molecule has 1 N–H and O–H groups in total. The molecule has 23 heavy (non-hydrogen) atoms. The van der Waals surface area contributed by atoms with Gasteiger partial charge in [-0.3, -0.25) is 4.79 Å². The maximum Gasteiger partial charge on any atom is 0.272 e. The number of nitrogens with one attached hydrogen (secondary N) is 1. The summed E-state index contributed by atoms with van der Waals surface area (Å²) in [6.45, 7) is 5.47. The first-order chi connectivity index (χ1) is 11.0. The van der Waals surface area contributed by atoms with Crippen molar-refractivity contribution in [3.63, 3.8) is 0 Å². The third kappa shape index (κ3) is 3.69. The molecule has 1 aromatic carbocycles. The van der Waals surface area contributed by atoms with Gasteiger partial charge in [0, 0.05) is 23.6 Å². The van der Waals surface area contributed by atoms with Crippen molar-refractivity contribution in [3.8, 4) is 0 Å². The lowest BCUT2D eigenvalue weighted by Gasteiger charge is -2.16. The van der Waals surface area contributed by atoms with E-state index < -0.39 is 0 Å². The molecule has 1 amide bonds. The Labute approximate surface area is 144 Å². The van der Waals surface area contributed by atoms with Crippen molar-refractivity contribution in [1.29, 1.82) is 0 Å². The van der Waals surface area contributed by atoms with Gasteiger partial charge in [-0.05, 0) is 60.3 Å². The average molecular weight is 375 g/mol. The van der Waals surface area contributed by atoms with Crippen LogP contribution < -0.4 is 5.32 Å². The number of aryl methyl sites for hydroxylation is 2. The largest absolute Gasteiger partial charge is 0.339 e. The predicted octanol–water partition coefficient (Wildman–Crippen LogP) is 3.84. The van der Waals surface area contributed by atoms with E-state index in [1.807, 2.05) is 30.0 Å². The molecule has 6 heteroatoms. The highest BCUT2D eigenvalue weighted by Crippen LogP contribution is 2.26. The molecule has 0 atom stereocenters. The Kier molecular flexibility index (Phi) is 4.61. The van der Waals surface area contributed by atoms with E-state index in [4.69, 9.17) is 0 Å². The van der Waals surface area contributed by atoms with E-state index in [-0.39, 0.29) is 5.91 Å². The molecule has 0 saturated carbocycles.